The van der Waals surface area contributed by atoms with Crippen LogP contribution in [-0.2, 0) is 10.0 Å². The van der Waals surface area contributed by atoms with E-state index in [4.69, 9.17) is 0 Å². The molecule has 0 spiro atoms. The average Bonchev–Trinajstić information content (AvgIpc) is 2.13. The van der Waals surface area contributed by atoms with Crippen molar-refractivity contribution in [3.63, 3.8) is 0 Å². The summed E-state index contributed by atoms with van der Waals surface area (Å²) >= 11 is 3.62. The number of carbonyl (C=O) groups excluding carboxylic acids is 1. The van der Waals surface area contributed by atoms with Crippen molar-refractivity contribution in [1.29, 1.82) is 0 Å². The molecule has 5 nitrogen and oxygen atoms in total. The third-order valence-corrected chi connectivity index (χ3v) is 4.09. The summed E-state index contributed by atoms with van der Waals surface area (Å²) in [5.74, 6) is 4.07. The molecule has 0 radical (unpaired) electrons. The van der Waals surface area contributed by atoms with Crippen LogP contribution in [-0.4, -0.2) is 50.3 Å². The zero-order valence-corrected chi connectivity index (χ0v) is 11.9. The highest BCUT2D eigenvalue weighted by Gasteiger charge is 2.06. The molecule has 0 saturated carbocycles. The van der Waals surface area contributed by atoms with Crippen LogP contribution in [0.4, 0.5) is 4.79 Å². The van der Waals surface area contributed by atoms with Crippen LogP contribution in [0, 0.1) is 0 Å². The molecule has 0 unspecified atom stereocenters. The number of nitrogens with one attached hydrogen (secondary N) is 2. The lowest BCUT2D eigenvalue weighted by molar-refractivity contribution is 0.246. The third kappa shape index (κ3) is 12.0. The van der Waals surface area contributed by atoms with E-state index in [-0.39, 0.29) is 0 Å². The first-order chi connectivity index (χ1) is 7.45. The molecule has 0 bridgehead atoms. The standard InChI is InChI=1S/C8H18N2O3S3/c1-3-14-6-7-15-5-4-9-8(11)10-16(2,12)13/h3-7H2,1-2H3,(H2,9,10,11). The fourth-order valence-electron chi connectivity index (χ4n) is 0.805. The van der Waals surface area contributed by atoms with Crippen LogP contribution in [0.5, 0.6) is 0 Å². The molecule has 0 aliphatic rings. The Morgan fingerprint density at radius 2 is 1.81 bits per heavy atom. The highest BCUT2D eigenvalue weighted by Crippen LogP contribution is 2.05. The third-order valence-electron chi connectivity index (χ3n) is 1.39. The number of rotatable bonds is 8. The van der Waals surface area contributed by atoms with Crippen LogP contribution < -0.4 is 10.0 Å². The minimum atomic E-state index is -3.45. The summed E-state index contributed by atoms with van der Waals surface area (Å²) in [5, 5.41) is 2.47. The second-order valence-electron chi connectivity index (χ2n) is 2.94. The lowest BCUT2D eigenvalue weighted by Crippen LogP contribution is -2.39. The quantitative estimate of drug-likeness (QED) is 0.644. The largest absolute Gasteiger partial charge is 0.336 e. The van der Waals surface area contributed by atoms with Gasteiger partial charge in [0.15, 0.2) is 0 Å². The summed E-state index contributed by atoms with van der Waals surface area (Å²) in [7, 11) is -3.45. The zero-order valence-electron chi connectivity index (χ0n) is 9.49. The highest BCUT2D eigenvalue weighted by atomic mass is 32.2. The van der Waals surface area contributed by atoms with Gasteiger partial charge in [0.05, 0.1) is 6.26 Å². The van der Waals surface area contributed by atoms with E-state index in [9.17, 15) is 13.2 Å². The molecule has 0 aliphatic heterocycles. The lowest BCUT2D eigenvalue weighted by atomic mass is 10.7. The van der Waals surface area contributed by atoms with Crippen LogP contribution in [0.3, 0.4) is 0 Å². The molecule has 0 rings (SSSR count). The monoisotopic (exact) mass is 286 g/mol. The van der Waals surface area contributed by atoms with Crippen molar-refractivity contribution in [2.75, 3.05) is 35.8 Å². The Hall–Kier alpha value is -0.0800. The molecule has 0 fully saturated rings. The molecule has 0 aromatic rings. The molecule has 0 saturated heterocycles. The number of hydrogen-bond acceptors (Lipinski definition) is 5. The first-order valence-electron chi connectivity index (χ1n) is 4.87. The summed E-state index contributed by atoms with van der Waals surface area (Å²) in [6, 6.07) is -0.661. The molecule has 0 atom stereocenters. The molecule has 0 heterocycles. The summed E-state index contributed by atoms with van der Waals surface area (Å²) in [5.41, 5.74) is 0. The zero-order chi connectivity index (χ0) is 12.4. The first-order valence-corrected chi connectivity index (χ1v) is 9.07. The predicted octanol–water partition coefficient (Wildman–Crippen LogP) is 0.732. The Kier molecular flexibility index (Phi) is 8.96. The Bertz CT molecular complexity index is 293. The van der Waals surface area contributed by atoms with Crippen molar-refractivity contribution >= 4 is 39.6 Å². The summed E-state index contributed by atoms with van der Waals surface area (Å²) in [6.45, 7) is 2.59. The van der Waals surface area contributed by atoms with E-state index in [1.807, 2.05) is 16.5 Å². The van der Waals surface area contributed by atoms with Crippen LogP contribution in [0.15, 0.2) is 0 Å². The van der Waals surface area contributed by atoms with Gasteiger partial charge in [-0.3, -0.25) is 0 Å². The fraction of sp³-hybridized carbons (Fsp3) is 0.875. The predicted molar refractivity (Wildman–Crippen MR) is 71.7 cm³/mol. The maximum Gasteiger partial charge on any atom is 0.328 e. The second kappa shape index (κ2) is 9.00. The van der Waals surface area contributed by atoms with Gasteiger partial charge >= 0.3 is 6.03 Å². The number of amides is 2. The average molecular weight is 286 g/mol. The second-order valence-corrected chi connectivity index (χ2v) is 7.31. The van der Waals surface area contributed by atoms with Gasteiger partial charge in [-0.25, -0.2) is 17.9 Å². The highest BCUT2D eigenvalue weighted by molar-refractivity contribution is 8.02. The van der Waals surface area contributed by atoms with Crippen LogP contribution >= 0.6 is 23.5 Å². The van der Waals surface area contributed by atoms with E-state index in [1.54, 1.807) is 11.8 Å². The van der Waals surface area contributed by atoms with Crippen LogP contribution in [0.25, 0.3) is 0 Å². The van der Waals surface area contributed by atoms with Gasteiger partial charge in [0.1, 0.15) is 0 Å². The summed E-state index contributed by atoms with van der Waals surface area (Å²) in [4.78, 5) is 11.0. The molecule has 8 heteroatoms. The number of urea groups is 1. The van der Waals surface area contributed by atoms with Gasteiger partial charge in [-0.05, 0) is 5.75 Å². The molecule has 0 aromatic carbocycles. The van der Waals surface area contributed by atoms with E-state index >= 15 is 0 Å². The fourth-order valence-corrected chi connectivity index (χ4v) is 2.90. The smallest absolute Gasteiger partial charge is 0.328 e. The summed E-state index contributed by atoms with van der Waals surface area (Å²) in [6.07, 6.45) is 0.948. The van der Waals surface area contributed by atoms with Gasteiger partial charge < -0.3 is 5.32 Å². The molecular weight excluding hydrogens is 268 g/mol. The van der Waals surface area contributed by atoms with Gasteiger partial charge in [0, 0.05) is 23.8 Å². The van der Waals surface area contributed by atoms with Gasteiger partial charge in [0.25, 0.3) is 0 Å². The van der Waals surface area contributed by atoms with Crippen molar-refractivity contribution in [3.05, 3.63) is 0 Å². The minimum absolute atomic E-state index is 0.475. The molecule has 2 amide bonds. The number of sulfonamides is 1. The van der Waals surface area contributed by atoms with Gasteiger partial charge in [-0.1, -0.05) is 6.92 Å². The van der Waals surface area contributed by atoms with Gasteiger partial charge in [-0.2, -0.15) is 23.5 Å². The van der Waals surface area contributed by atoms with Gasteiger partial charge in [0.2, 0.25) is 10.0 Å². The maximum absolute atomic E-state index is 11.0. The van der Waals surface area contributed by atoms with E-state index in [1.165, 1.54) is 0 Å². The number of carbonyl (C=O) groups is 1. The molecule has 0 aliphatic carbocycles. The van der Waals surface area contributed by atoms with E-state index in [2.05, 4.69) is 12.2 Å². The van der Waals surface area contributed by atoms with E-state index in [0.29, 0.717) is 6.54 Å². The van der Waals surface area contributed by atoms with E-state index in [0.717, 1.165) is 29.3 Å². The van der Waals surface area contributed by atoms with Crippen LogP contribution in [0.1, 0.15) is 6.92 Å². The molecular formula is C8H18N2O3S3. The SMILES string of the molecule is CCSCCSCCNC(=O)NS(C)(=O)=O. The normalized spacial score (nSPS) is 11.1. The molecule has 96 valence electrons. The van der Waals surface area contributed by atoms with E-state index < -0.39 is 16.1 Å². The van der Waals surface area contributed by atoms with Crippen molar-refractivity contribution in [3.8, 4) is 0 Å². The van der Waals surface area contributed by atoms with Gasteiger partial charge in [-0.15, -0.1) is 0 Å². The van der Waals surface area contributed by atoms with Crippen molar-refractivity contribution < 1.29 is 13.2 Å². The van der Waals surface area contributed by atoms with Crippen LogP contribution in [0.2, 0.25) is 0 Å². The Morgan fingerprint density at radius 1 is 1.19 bits per heavy atom. The van der Waals surface area contributed by atoms with Crippen molar-refractivity contribution in [1.82, 2.24) is 10.0 Å². The Morgan fingerprint density at radius 3 is 2.38 bits per heavy atom. The first kappa shape index (κ1) is 15.9. The van der Waals surface area contributed by atoms with Crippen molar-refractivity contribution in [2.45, 2.75) is 6.92 Å². The maximum atomic E-state index is 11.0. The molecule has 16 heavy (non-hydrogen) atoms. The minimum Gasteiger partial charge on any atom is -0.336 e. The molecule has 2 N–H and O–H groups in total. The Balaban J connectivity index is 3.35. The number of hydrogen-bond donors (Lipinski definition) is 2. The summed E-state index contributed by atoms with van der Waals surface area (Å²) < 4.78 is 23.2. The topological polar surface area (TPSA) is 75.3 Å². The number of thioether (sulfide) groups is 2. The molecule has 0 aromatic heterocycles. The lowest BCUT2D eigenvalue weighted by Gasteiger charge is -2.05. The Labute approximate surface area is 106 Å². The van der Waals surface area contributed by atoms with Crippen molar-refractivity contribution in [2.24, 2.45) is 0 Å².